The number of para-hydroxylation sites is 1. The molecule has 1 aliphatic heterocycles. The molecular formula is C16H22ClN3. The van der Waals surface area contributed by atoms with Crippen molar-refractivity contribution in [3.8, 4) is 0 Å². The van der Waals surface area contributed by atoms with Gasteiger partial charge in [0.2, 0.25) is 0 Å². The third-order valence-corrected chi connectivity index (χ3v) is 3.78. The lowest BCUT2D eigenvalue weighted by atomic mass is 10.1. The maximum absolute atomic E-state index is 4.61. The molecule has 20 heavy (non-hydrogen) atoms. The molecule has 0 aliphatic carbocycles. The summed E-state index contributed by atoms with van der Waals surface area (Å²) in [5.74, 6) is 0. The van der Waals surface area contributed by atoms with Gasteiger partial charge in [0.05, 0.1) is 5.52 Å². The lowest BCUT2D eigenvalue weighted by molar-refractivity contribution is 0.200. The number of fused-ring (bicyclic) bond motifs is 1. The van der Waals surface area contributed by atoms with Crippen molar-refractivity contribution in [3.63, 3.8) is 0 Å². The number of aromatic nitrogens is 1. The topological polar surface area (TPSA) is 28.2 Å². The third-order valence-electron chi connectivity index (χ3n) is 3.78. The molecule has 3 rings (SSSR count). The van der Waals surface area contributed by atoms with E-state index in [1.165, 1.54) is 10.9 Å². The Hall–Kier alpha value is -1.16. The summed E-state index contributed by atoms with van der Waals surface area (Å²) in [5, 5.41) is 4.78. The van der Waals surface area contributed by atoms with E-state index in [0.717, 1.165) is 37.4 Å². The minimum Gasteiger partial charge on any atom is -0.312 e. The van der Waals surface area contributed by atoms with Gasteiger partial charge >= 0.3 is 0 Å². The van der Waals surface area contributed by atoms with Crippen molar-refractivity contribution in [1.82, 2.24) is 15.2 Å². The fourth-order valence-corrected chi connectivity index (χ4v) is 2.92. The van der Waals surface area contributed by atoms with Crippen LogP contribution >= 0.6 is 12.4 Å². The van der Waals surface area contributed by atoms with E-state index >= 15 is 0 Å². The number of nitrogens with zero attached hydrogens (tertiary/aromatic N) is 2. The first kappa shape index (κ1) is 15.2. The average Bonchev–Trinajstić information content (AvgIpc) is 2.38. The highest BCUT2D eigenvalue weighted by molar-refractivity contribution is 5.85. The fraction of sp³-hybridized carbons (Fsp3) is 0.438. The van der Waals surface area contributed by atoms with Gasteiger partial charge in [0.1, 0.15) is 0 Å². The second-order valence-electron chi connectivity index (χ2n) is 5.53. The largest absolute Gasteiger partial charge is 0.312 e. The molecule has 1 aromatic carbocycles. The van der Waals surface area contributed by atoms with Gasteiger partial charge in [-0.2, -0.15) is 0 Å². The van der Waals surface area contributed by atoms with Crippen LogP contribution in [-0.2, 0) is 6.54 Å². The van der Waals surface area contributed by atoms with Crippen LogP contribution in [0.4, 0.5) is 0 Å². The Morgan fingerprint density at radius 3 is 2.95 bits per heavy atom. The van der Waals surface area contributed by atoms with Gasteiger partial charge in [-0.3, -0.25) is 9.88 Å². The second kappa shape index (κ2) is 6.53. The first-order chi connectivity index (χ1) is 9.22. The maximum atomic E-state index is 4.61. The van der Waals surface area contributed by atoms with Gasteiger partial charge in [-0.1, -0.05) is 18.2 Å². The van der Waals surface area contributed by atoms with Gasteiger partial charge in [0.15, 0.2) is 0 Å². The molecule has 0 saturated carbocycles. The minimum atomic E-state index is 0. The SMILES string of the molecule is Cc1cc(CN2CCN[C@H](C)C2)c2ccccc2n1.Cl. The highest BCUT2D eigenvalue weighted by Gasteiger charge is 2.16. The molecule has 1 N–H and O–H groups in total. The van der Waals surface area contributed by atoms with Crippen molar-refractivity contribution in [1.29, 1.82) is 0 Å². The number of rotatable bonds is 2. The van der Waals surface area contributed by atoms with Gasteiger partial charge < -0.3 is 5.32 Å². The molecule has 0 radical (unpaired) electrons. The smallest absolute Gasteiger partial charge is 0.0708 e. The van der Waals surface area contributed by atoms with Gasteiger partial charge in [-0.25, -0.2) is 0 Å². The predicted octanol–water partition coefficient (Wildman–Crippen LogP) is 2.76. The third kappa shape index (κ3) is 3.29. The number of hydrogen-bond donors (Lipinski definition) is 1. The van der Waals surface area contributed by atoms with Crippen LogP contribution < -0.4 is 5.32 Å². The van der Waals surface area contributed by atoms with E-state index in [1.54, 1.807) is 0 Å². The Kier molecular flexibility index (Phi) is 4.97. The van der Waals surface area contributed by atoms with Crippen LogP contribution in [0.1, 0.15) is 18.2 Å². The number of hydrogen-bond acceptors (Lipinski definition) is 3. The lowest BCUT2D eigenvalue weighted by Crippen LogP contribution is -2.48. The van der Waals surface area contributed by atoms with E-state index in [0.29, 0.717) is 6.04 Å². The normalized spacial score (nSPS) is 19.8. The Morgan fingerprint density at radius 1 is 1.35 bits per heavy atom. The van der Waals surface area contributed by atoms with Crippen LogP contribution in [0.3, 0.4) is 0 Å². The summed E-state index contributed by atoms with van der Waals surface area (Å²) in [6.07, 6.45) is 0. The summed E-state index contributed by atoms with van der Waals surface area (Å²) in [4.78, 5) is 7.14. The van der Waals surface area contributed by atoms with Crippen LogP contribution in [0.5, 0.6) is 0 Å². The van der Waals surface area contributed by atoms with Gasteiger partial charge in [0.25, 0.3) is 0 Å². The fourth-order valence-electron chi connectivity index (χ4n) is 2.92. The van der Waals surface area contributed by atoms with Crippen LogP contribution in [-0.4, -0.2) is 35.6 Å². The summed E-state index contributed by atoms with van der Waals surface area (Å²) in [7, 11) is 0. The average molecular weight is 292 g/mol. The van der Waals surface area contributed by atoms with Gasteiger partial charge in [-0.05, 0) is 31.5 Å². The van der Waals surface area contributed by atoms with Crippen LogP contribution in [0.25, 0.3) is 10.9 Å². The zero-order chi connectivity index (χ0) is 13.2. The van der Waals surface area contributed by atoms with Crippen molar-refractivity contribution in [2.75, 3.05) is 19.6 Å². The number of piperazine rings is 1. The molecule has 4 heteroatoms. The molecule has 0 bridgehead atoms. The number of pyridine rings is 1. The number of benzene rings is 1. The molecule has 108 valence electrons. The van der Waals surface area contributed by atoms with Crippen molar-refractivity contribution < 1.29 is 0 Å². The Labute approximate surface area is 126 Å². The van der Waals surface area contributed by atoms with E-state index in [2.05, 4.69) is 59.4 Å². The number of halogens is 1. The van der Waals surface area contributed by atoms with Crippen molar-refractivity contribution in [2.24, 2.45) is 0 Å². The standard InChI is InChI=1S/C16H21N3.ClH/c1-12-9-14(11-19-8-7-17-13(2)10-19)15-5-3-4-6-16(15)18-12;/h3-6,9,13,17H,7-8,10-11H2,1-2H3;1H/t13-;/m1./s1. The van der Waals surface area contributed by atoms with Crippen molar-refractivity contribution in [2.45, 2.75) is 26.4 Å². The van der Waals surface area contributed by atoms with E-state index in [-0.39, 0.29) is 12.4 Å². The van der Waals surface area contributed by atoms with E-state index in [4.69, 9.17) is 0 Å². The number of nitrogens with one attached hydrogen (secondary N) is 1. The molecule has 1 atom stereocenters. The molecule has 1 fully saturated rings. The lowest BCUT2D eigenvalue weighted by Gasteiger charge is -2.32. The summed E-state index contributed by atoms with van der Waals surface area (Å²) in [6, 6.07) is 11.3. The predicted molar refractivity (Wildman–Crippen MR) is 86.5 cm³/mol. The first-order valence-electron chi connectivity index (χ1n) is 7.03. The van der Waals surface area contributed by atoms with Gasteiger partial charge in [0, 0.05) is 43.3 Å². The Morgan fingerprint density at radius 2 is 2.15 bits per heavy atom. The minimum absolute atomic E-state index is 0. The summed E-state index contributed by atoms with van der Waals surface area (Å²) in [5.41, 5.74) is 3.62. The maximum Gasteiger partial charge on any atom is 0.0708 e. The zero-order valence-electron chi connectivity index (χ0n) is 12.1. The summed E-state index contributed by atoms with van der Waals surface area (Å²) >= 11 is 0. The van der Waals surface area contributed by atoms with Crippen LogP contribution in [0.15, 0.2) is 30.3 Å². The molecule has 0 unspecified atom stereocenters. The molecule has 2 heterocycles. The Bertz CT molecular complexity index is 585. The molecule has 0 amide bonds. The monoisotopic (exact) mass is 291 g/mol. The molecule has 0 spiro atoms. The highest BCUT2D eigenvalue weighted by Crippen LogP contribution is 2.20. The van der Waals surface area contributed by atoms with Crippen LogP contribution in [0, 0.1) is 6.92 Å². The molecule has 1 aromatic heterocycles. The van der Waals surface area contributed by atoms with Crippen molar-refractivity contribution in [3.05, 3.63) is 41.6 Å². The quantitative estimate of drug-likeness (QED) is 0.922. The molecule has 1 saturated heterocycles. The second-order valence-corrected chi connectivity index (χ2v) is 5.53. The van der Waals surface area contributed by atoms with E-state index in [1.807, 2.05) is 0 Å². The first-order valence-corrected chi connectivity index (χ1v) is 7.03. The zero-order valence-corrected chi connectivity index (χ0v) is 12.9. The van der Waals surface area contributed by atoms with E-state index in [9.17, 15) is 0 Å². The molecular weight excluding hydrogens is 270 g/mol. The number of aryl methyl sites for hydroxylation is 1. The van der Waals surface area contributed by atoms with Crippen LogP contribution in [0.2, 0.25) is 0 Å². The summed E-state index contributed by atoms with van der Waals surface area (Å²) in [6.45, 7) is 8.69. The molecule has 3 nitrogen and oxygen atoms in total. The van der Waals surface area contributed by atoms with Gasteiger partial charge in [-0.15, -0.1) is 12.4 Å². The highest BCUT2D eigenvalue weighted by atomic mass is 35.5. The van der Waals surface area contributed by atoms with Crippen molar-refractivity contribution >= 4 is 23.3 Å². The Balaban J connectivity index is 0.00000147. The molecule has 1 aliphatic rings. The molecule has 2 aromatic rings. The summed E-state index contributed by atoms with van der Waals surface area (Å²) < 4.78 is 0. The van der Waals surface area contributed by atoms with E-state index < -0.39 is 0 Å².